The monoisotopic (exact) mass is 352 g/mol. The van der Waals surface area contributed by atoms with Gasteiger partial charge in [0.1, 0.15) is 17.2 Å². The van der Waals surface area contributed by atoms with Gasteiger partial charge in [0.2, 0.25) is 0 Å². The molecule has 0 spiro atoms. The molecule has 1 fully saturated rings. The van der Waals surface area contributed by atoms with Crippen molar-refractivity contribution in [2.75, 3.05) is 31.6 Å². The topological polar surface area (TPSA) is 57.5 Å². The number of aromatic nitrogens is 2. The highest BCUT2D eigenvalue weighted by Crippen LogP contribution is 2.25. The van der Waals surface area contributed by atoms with Crippen LogP contribution in [0, 0.1) is 0 Å². The van der Waals surface area contributed by atoms with Crippen LogP contribution in [0.4, 0.5) is 5.69 Å². The summed E-state index contributed by atoms with van der Waals surface area (Å²) in [6.45, 7) is 6.11. The van der Waals surface area contributed by atoms with E-state index < -0.39 is 0 Å². The lowest BCUT2D eigenvalue weighted by atomic mass is 10.1. The molecule has 0 aliphatic carbocycles. The average molecular weight is 352 g/mol. The maximum Gasteiger partial charge on any atom is 0.152 e. The standard InChI is InChI=1S/C20H24N4O2/c1-15-13-24(16-3-5-17(25-2)6-4-16)12-11-23(15)14-18-7-8-20(26-18)19-9-10-21-22-19/h3-10,15H,11-14H2,1-2H3,(H,21,22). The van der Waals surface area contributed by atoms with Crippen LogP contribution in [-0.4, -0.2) is 47.9 Å². The minimum Gasteiger partial charge on any atom is -0.497 e. The number of aromatic amines is 1. The number of hydrogen-bond acceptors (Lipinski definition) is 5. The van der Waals surface area contributed by atoms with E-state index in [1.54, 1.807) is 13.3 Å². The zero-order valence-electron chi connectivity index (χ0n) is 15.2. The SMILES string of the molecule is COc1ccc(N2CCN(Cc3ccc(-c4ccn[nH]4)o3)C(C)C2)cc1. The molecule has 1 N–H and O–H groups in total. The number of anilines is 1. The second kappa shape index (κ2) is 7.25. The van der Waals surface area contributed by atoms with Crippen LogP contribution in [0.15, 0.2) is 53.1 Å². The van der Waals surface area contributed by atoms with Gasteiger partial charge in [-0.05, 0) is 49.4 Å². The molecule has 1 aliphatic rings. The Bertz CT molecular complexity index is 826. The Balaban J connectivity index is 1.38. The van der Waals surface area contributed by atoms with Gasteiger partial charge < -0.3 is 14.1 Å². The highest BCUT2D eigenvalue weighted by Gasteiger charge is 2.24. The molecule has 26 heavy (non-hydrogen) atoms. The van der Waals surface area contributed by atoms with Gasteiger partial charge in [0.25, 0.3) is 0 Å². The molecule has 6 nitrogen and oxygen atoms in total. The highest BCUT2D eigenvalue weighted by atomic mass is 16.5. The van der Waals surface area contributed by atoms with Crippen molar-refractivity contribution < 1.29 is 9.15 Å². The van der Waals surface area contributed by atoms with Crippen molar-refractivity contribution in [1.82, 2.24) is 15.1 Å². The smallest absolute Gasteiger partial charge is 0.152 e. The number of nitrogens with one attached hydrogen (secondary N) is 1. The molecule has 0 bridgehead atoms. The van der Waals surface area contributed by atoms with Gasteiger partial charge in [0.15, 0.2) is 5.76 Å². The summed E-state index contributed by atoms with van der Waals surface area (Å²) >= 11 is 0. The molecule has 136 valence electrons. The maximum absolute atomic E-state index is 5.98. The van der Waals surface area contributed by atoms with Crippen LogP contribution < -0.4 is 9.64 Å². The Morgan fingerprint density at radius 2 is 2.00 bits per heavy atom. The van der Waals surface area contributed by atoms with E-state index in [0.717, 1.165) is 49.1 Å². The first-order chi connectivity index (χ1) is 12.7. The van der Waals surface area contributed by atoms with Crippen LogP contribution in [-0.2, 0) is 6.54 Å². The van der Waals surface area contributed by atoms with Crippen molar-refractivity contribution in [3.63, 3.8) is 0 Å². The van der Waals surface area contributed by atoms with Crippen LogP contribution in [0.2, 0.25) is 0 Å². The number of rotatable bonds is 5. The number of nitrogens with zero attached hydrogens (tertiary/aromatic N) is 3. The molecule has 1 atom stereocenters. The summed E-state index contributed by atoms with van der Waals surface area (Å²) in [6.07, 6.45) is 1.73. The third-order valence-electron chi connectivity index (χ3n) is 4.99. The number of methoxy groups -OCH3 is 1. The van der Waals surface area contributed by atoms with Gasteiger partial charge in [-0.15, -0.1) is 0 Å². The first kappa shape index (κ1) is 16.7. The van der Waals surface area contributed by atoms with E-state index in [1.807, 2.05) is 24.3 Å². The quantitative estimate of drug-likeness (QED) is 0.763. The van der Waals surface area contributed by atoms with E-state index in [2.05, 4.69) is 45.1 Å². The van der Waals surface area contributed by atoms with E-state index in [1.165, 1.54) is 5.69 Å². The van der Waals surface area contributed by atoms with Crippen molar-refractivity contribution in [1.29, 1.82) is 0 Å². The first-order valence-electron chi connectivity index (χ1n) is 8.94. The molecule has 1 saturated heterocycles. The van der Waals surface area contributed by atoms with Gasteiger partial charge >= 0.3 is 0 Å². The fourth-order valence-electron chi connectivity index (χ4n) is 3.46. The fraction of sp³-hybridized carbons (Fsp3) is 0.350. The van der Waals surface area contributed by atoms with Crippen LogP contribution in [0.25, 0.3) is 11.5 Å². The predicted octanol–water partition coefficient (Wildman–Crippen LogP) is 3.39. The summed E-state index contributed by atoms with van der Waals surface area (Å²) in [7, 11) is 1.70. The lowest BCUT2D eigenvalue weighted by molar-refractivity contribution is 0.168. The van der Waals surface area contributed by atoms with E-state index in [4.69, 9.17) is 9.15 Å². The minimum absolute atomic E-state index is 0.451. The molecule has 0 amide bonds. The number of ether oxygens (including phenoxy) is 1. The summed E-state index contributed by atoms with van der Waals surface area (Å²) in [5, 5.41) is 6.91. The Hall–Kier alpha value is -2.73. The molecule has 3 aromatic rings. The zero-order chi connectivity index (χ0) is 17.9. The van der Waals surface area contributed by atoms with Gasteiger partial charge in [-0.3, -0.25) is 10.00 Å². The molecule has 1 unspecified atom stereocenters. The average Bonchev–Trinajstić information content (AvgIpc) is 3.35. The molecule has 4 rings (SSSR count). The molecule has 2 aromatic heterocycles. The second-order valence-corrected chi connectivity index (χ2v) is 6.70. The zero-order valence-corrected chi connectivity index (χ0v) is 15.2. The van der Waals surface area contributed by atoms with Crippen LogP contribution >= 0.6 is 0 Å². The Kier molecular flexibility index (Phi) is 4.67. The number of hydrogen-bond donors (Lipinski definition) is 1. The van der Waals surface area contributed by atoms with E-state index in [0.29, 0.717) is 6.04 Å². The number of benzene rings is 1. The summed E-state index contributed by atoms with van der Waals surface area (Å²) in [5.74, 6) is 2.72. The second-order valence-electron chi connectivity index (χ2n) is 6.70. The van der Waals surface area contributed by atoms with E-state index >= 15 is 0 Å². The van der Waals surface area contributed by atoms with E-state index in [9.17, 15) is 0 Å². The summed E-state index contributed by atoms with van der Waals surface area (Å²) in [6, 6.07) is 14.7. The Morgan fingerprint density at radius 3 is 2.69 bits per heavy atom. The van der Waals surface area contributed by atoms with Crippen molar-refractivity contribution in [3.05, 3.63) is 54.4 Å². The van der Waals surface area contributed by atoms with Crippen molar-refractivity contribution in [3.8, 4) is 17.2 Å². The molecule has 1 aromatic carbocycles. The van der Waals surface area contributed by atoms with Crippen LogP contribution in [0.1, 0.15) is 12.7 Å². The predicted molar refractivity (Wildman–Crippen MR) is 101 cm³/mol. The normalized spacial score (nSPS) is 18.2. The van der Waals surface area contributed by atoms with Gasteiger partial charge in [-0.25, -0.2) is 0 Å². The van der Waals surface area contributed by atoms with Crippen LogP contribution in [0.5, 0.6) is 5.75 Å². The third-order valence-corrected chi connectivity index (χ3v) is 4.99. The molecular weight excluding hydrogens is 328 g/mol. The maximum atomic E-state index is 5.98. The summed E-state index contributed by atoms with van der Waals surface area (Å²) < 4.78 is 11.2. The number of piperazine rings is 1. The first-order valence-corrected chi connectivity index (χ1v) is 8.94. The Labute approximate surface area is 153 Å². The molecular formula is C20H24N4O2. The van der Waals surface area contributed by atoms with Gasteiger partial charge in [0.05, 0.1) is 13.7 Å². The van der Waals surface area contributed by atoms with Gasteiger partial charge in [-0.2, -0.15) is 5.10 Å². The van der Waals surface area contributed by atoms with Crippen molar-refractivity contribution in [2.24, 2.45) is 0 Å². The van der Waals surface area contributed by atoms with Gasteiger partial charge in [-0.1, -0.05) is 0 Å². The molecule has 6 heteroatoms. The van der Waals surface area contributed by atoms with Crippen molar-refractivity contribution in [2.45, 2.75) is 19.5 Å². The van der Waals surface area contributed by atoms with E-state index in [-0.39, 0.29) is 0 Å². The molecule has 3 heterocycles. The number of furan rings is 1. The fourth-order valence-corrected chi connectivity index (χ4v) is 3.46. The van der Waals surface area contributed by atoms with Crippen LogP contribution in [0.3, 0.4) is 0 Å². The molecule has 0 saturated carbocycles. The molecule has 1 aliphatic heterocycles. The summed E-state index contributed by atoms with van der Waals surface area (Å²) in [4.78, 5) is 4.90. The Morgan fingerprint density at radius 1 is 1.15 bits per heavy atom. The molecule has 0 radical (unpaired) electrons. The highest BCUT2D eigenvalue weighted by molar-refractivity contribution is 5.51. The largest absolute Gasteiger partial charge is 0.497 e. The lowest BCUT2D eigenvalue weighted by Gasteiger charge is -2.40. The van der Waals surface area contributed by atoms with Gasteiger partial charge in [0, 0.05) is 37.6 Å². The lowest BCUT2D eigenvalue weighted by Crippen LogP contribution is -2.51. The summed E-state index contributed by atoms with van der Waals surface area (Å²) in [5.41, 5.74) is 2.16. The third kappa shape index (κ3) is 3.46. The number of H-pyrrole nitrogens is 1. The minimum atomic E-state index is 0.451. The van der Waals surface area contributed by atoms with Crippen molar-refractivity contribution >= 4 is 5.69 Å².